The van der Waals surface area contributed by atoms with Gasteiger partial charge < -0.3 is 9.72 Å². The Balaban J connectivity index is 1.59. The summed E-state index contributed by atoms with van der Waals surface area (Å²) >= 11 is 0. The van der Waals surface area contributed by atoms with Gasteiger partial charge in [-0.25, -0.2) is 17.5 Å². The standard InChI is InChI=1S/C20H21FN2O3S/c1-12-9-15(5-8-20(12)26-2)27(24,25)23-14-4-7-18-17(11-14)16-6-3-13(21)10-19(16)22-18/h3,5-6,8-10,14,22-23H,4,7,11H2,1-2H3. The molecule has 0 spiro atoms. The number of H-pyrrole nitrogens is 1. The van der Waals surface area contributed by atoms with Crippen LogP contribution in [0.3, 0.4) is 0 Å². The number of ether oxygens (including phenoxy) is 1. The minimum Gasteiger partial charge on any atom is -0.496 e. The van der Waals surface area contributed by atoms with Crippen molar-refractivity contribution in [1.29, 1.82) is 0 Å². The van der Waals surface area contributed by atoms with E-state index in [1.165, 1.54) is 12.1 Å². The molecule has 3 aromatic rings. The number of methoxy groups -OCH3 is 1. The average Bonchev–Trinajstić information content (AvgIpc) is 2.98. The van der Waals surface area contributed by atoms with Crippen molar-refractivity contribution >= 4 is 20.9 Å². The Morgan fingerprint density at radius 1 is 1.22 bits per heavy atom. The van der Waals surface area contributed by atoms with Gasteiger partial charge >= 0.3 is 0 Å². The van der Waals surface area contributed by atoms with E-state index in [1.807, 2.05) is 6.92 Å². The molecule has 0 bridgehead atoms. The fourth-order valence-electron chi connectivity index (χ4n) is 3.80. The lowest BCUT2D eigenvalue weighted by atomic mass is 9.92. The molecule has 27 heavy (non-hydrogen) atoms. The highest BCUT2D eigenvalue weighted by molar-refractivity contribution is 7.89. The largest absolute Gasteiger partial charge is 0.496 e. The SMILES string of the molecule is COc1ccc(S(=O)(=O)NC2CCc3[nH]c4cc(F)ccc4c3C2)cc1C. The van der Waals surface area contributed by atoms with Crippen LogP contribution in [0.1, 0.15) is 23.2 Å². The topological polar surface area (TPSA) is 71.2 Å². The number of aromatic amines is 1. The maximum atomic E-state index is 13.5. The van der Waals surface area contributed by atoms with Crippen molar-refractivity contribution in [3.05, 3.63) is 59.0 Å². The normalized spacial score (nSPS) is 17.1. The maximum absolute atomic E-state index is 13.5. The highest BCUT2D eigenvalue weighted by atomic mass is 32.2. The molecule has 0 radical (unpaired) electrons. The fraction of sp³-hybridized carbons (Fsp3) is 0.300. The van der Waals surface area contributed by atoms with Gasteiger partial charge in [0.15, 0.2) is 0 Å². The molecule has 0 amide bonds. The number of hydrogen-bond donors (Lipinski definition) is 2. The molecule has 4 rings (SSSR count). The Labute approximate surface area is 157 Å². The zero-order valence-corrected chi connectivity index (χ0v) is 16.0. The summed E-state index contributed by atoms with van der Waals surface area (Å²) in [4.78, 5) is 3.49. The molecule has 2 aromatic carbocycles. The Kier molecular flexibility index (Phi) is 4.44. The Morgan fingerprint density at radius 2 is 2.04 bits per heavy atom. The number of benzene rings is 2. The van der Waals surface area contributed by atoms with Gasteiger partial charge in [-0.15, -0.1) is 0 Å². The zero-order chi connectivity index (χ0) is 19.2. The number of aromatic nitrogens is 1. The van der Waals surface area contributed by atoms with Crippen molar-refractivity contribution in [2.45, 2.75) is 37.1 Å². The van der Waals surface area contributed by atoms with Crippen LogP contribution < -0.4 is 9.46 Å². The highest BCUT2D eigenvalue weighted by Crippen LogP contribution is 2.30. The lowest BCUT2D eigenvalue weighted by Crippen LogP contribution is -2.38. The predicted molar refractivity (Wildman–Crippen MR) is 102 cm³/mol. The van der Waals surface area contributed by atoms with Gasteiger partial charge in [-0.1, -0.05) is 0 Å². The number of aryl methyl sites for hydroxylation is 2. The van der Waals surface area contributed by atoms with Crippen molar-refractivity contribution in [2.75, 3.05) is 7.11 Å². The number of fused-ring (bicyclic) bond motifs is 3. The van der Waals surface area contributed by atoms with Gasteiger partial charge in [-0.05, 0) is 73.7 Å². The van der Waals surface area contributed by atoms with Crippen molar-refractivity contribution in [3.8, 4) is 5.75 Å². The second kappa shape index (κ2) is 6.65. The average molecular weight is 388 g/mol. The van der Waals surface area contributed by atoms with Crippen LogP contribution in [0.15, 0.2) is 41.3 Å². The third kappa shape index (κ3) is 3.33. The molecule has 2 N–H and O–H groups in total. The van der Waals surface area contributed by atoms with E-state index in [4.69, 9.17) is 4.74 Å². The monoisotopic (exact) mass is 388 g/mol. The van der Waals surface area contributed by atoms with E-state index in [1.54, 1.807) is 31.4 Å². The highest BCUT2D eigenvalue weighted by Gasteiger charge is 2.27. The first-order valence-electron chi connectivity index (χ1n) is 8.83. The van der Waals surface area contributed by atoms with Crippen LogP contribution in [-0.4, -0.2) is 26.6 Å². The van der Waals surface area contributed by atoms with Gasteiger partial charge in [0.25, 0.3) is 0 Å². The van der Waals surface area contributed by atoms with Crippen LogP contribution in [0, 0.1) is 12.7 Å². The summed E-state index contributed by atoms with van der Waals surface area (Å²) < 4.78 is 47.1. The van der Waals surface area contributed by atoms with E-state index in [0.29, 0.717) is 18.6 Å². The number of sulfonamides is 1. The molecule has 1 aliphatic carbocycles. The molecule has 0 saturated heterocycles. The summed E-state index contributed by atoms with van der Waals surface area (Å²) in [5.74, 6) is 0.371. The van der Waals surface area contributed by atoms with Crippen molar-refractivity contribution in [3.63, 3.8) is 0 Å². The Morgan fingerprint density at radius 3 is 2.78 bits per heavy atom. The van der Waals surface area contributed by atoms with E-state index in [-0.39, 0.29) is 16.8 Å². The van der Waals surface area contributed by atoms with Gasteiger partial charge in [0.2, 0.25) is 10.0 Å². The van der Waals surface area contributed by atoms with Crippen LogP contribution in [0.2, 0.25) is 0 Å². The van der Waals surface area contributed by atoms with E-state index >= 15 is 0 Å². The number of rotatable bonds is 4. The van der Waals surface area contributed by atoms with Crippen molar-refractivity contribution < 1.29 is 17.5 Å². The van der Waals surface area contributed by atoms with E-state index in [9.17, 15) is 12.8 Å². The molecule has 1 unspecified atom stereocenters. The first kappa shape index (κ1) is 18.0. The predicted octanol–water partition coefficient (Wildman–Crippen LogP) is 3.46. The third-order valence-corrected chi connectivity index (χ3v) is 6.67. The smallest absolute Gasteiger partial charge is 0.240 e. The molecule has 5 nitrogen and oxygen atoms in total. The molecule has 0 aliphatic heterocycles. The summed E-state index contributed by atoms with van der Waals surface area (Å²) in [6, 6.07) is 9.30. The van der Waals surface area contributed by atoms with Gasteiger partial charge in [-0.3, -0.25) is 0 Å². The van der Waals surface area contributed by atoms with Crippen molar-refractivity contribution in [1.82, 2.24) is 9.71 Å². The van der Waals surface area contributed by atoms with Crippen LogP contribution in [0.4, 0.5) is 4.39 Å². The second-order valence-corrected chi connectivity index (χ2v) is 8.68. The molecular weight excluding hydrogens is 367 g/mol. The van der Waals surface area contributed by atoms with Gasteiger partial charge in [0.1, 0.15) is 11.6 Å². The molecule has 7 heteroatoms. The van der Waals surface area contributed by atoms with E-state index in [2.05, 4.69) is 9.71 Å². The van der Waals surface area contributed by atoms with Crippen LogP contribution in [0.25, 0.3) is 10.9 Å². The first-order valence-corrected chi connectivity index (χ1v) is 10.3. The molecule has 1 aliphatic rings. The van der Waals surface area contributed by atoms with Gasteiger partial charge in [-0.2, -0.15) is 0 Å². The summed E-state index contributed by atoms with van der Waals surface area (Å²) in [7, 11) is -2.07. The van der Waals surface area contributed by atoms with E-state index < -0.39 is 10.0 Å². The molecule has 142 valence electrons. The minimum absolute atomic E-state index is 0.200. The molecular formula is C20H21FN2O3S. The fourth-order valence-corrected chi connectivity index (χ4v) is 5.16. The van der Waals surface area contributed by atoms with Crippen LogP contribution in [-0.2, 0) is 22.9 Å². The summed E-state index contributed by atoms with van der Waals surface area (Å²) in [6.45, 7) is 1.82. The molecule has 1 atom stereocenters. The minimum atomic E-state index is -3.63. The van der Waals surface area contributed by atoms with Gasteiger partial charge in [0, 0.05) is 22.6 Å². The van der Waals surface area contributed by atoms with Gasteiger partial charge in [0.05, 0.1) is 12.0 Å². The molecule has 0 fully saturated rings. The lowest BCUT2D eigenvalue weighted by Gasteiger charge is -2.23. The summed E-state index contributed by atoms with van der Waals surface area (Å²) in [5, 5.41) is 0.954. The number of hydrogen-bond acceptors (Lipinski definition) is 3. The maximum Gasteiger partial charge on any atom is 0.240 e. The number of nitrogens with one attached hydrogen (secondary N) is 2. The Hall–Kier alpha value is -2.38. The lowest BCUT2D eigenvalue weighted by molar-refractivity contribution is 0.411. The van der Waals surface area contributed by atoms with Crippen LogP contribution >= 0.6 is 0 Å². The Bertz CT molecular complexity index is 1120. The number of halogens is 1. The third-order valence-electron chi connectivity index (χ3n) is 5.15. The summed E-state index contributed by atoms with van der Waals surface area (Å²) in [6.07, 6.45) is 1.99. The summed E-state index contributed by atoms with van der Waals surface area (Å²) in [5.41, 5.74) is 3.65. The molecule has 1 aromatic heterocycles. The first-order chi connectivity index (χ1) is 12.9. The van der Waals surface area contributed by atoms with Crippen LogP contribution in [0.5, 0.6) is 5.75 Å². The second-order valence-electron chi connectivity index (χ2n) is 6.96. The van der Waals surface area contributed by atoms with E-state index in [0.717, 1.165) is 34.1 Å². The quantitative estimate of drug-likeness (QED) is 0.719. The zero-order valence-electron chi connectivity index (χ0n) is 15.2. The van der Waals surface area contributed by atoms with Crippen molar-refractivity contribution in [2.24, 2.45) is 0 Å². The molecule has 0 saturated carbocycles. The molecule has 1 heterocycles.